The van der Waals surface area contributed by atoms with Gasteiger partial charge < -0.3 is 20.1 Å². The molecule has 4 aliphatic rings. The van der Waals surface area contributed by atoms with Crippen LogP contribution in [0.5, 0.6) is 6.01 Å². The number of hydrogen-bond acceptors (Lipinski definition) is 8. The highest BCUT2D eigenvalue weighted by molar-refractivity contribution is 6.02. The molecule has 248 valence electrons. The van der Waals surface area contributed by atoms with Gasteiger partial charge in [-0.2, -0.15) is 9.97 Å². The molecule has 4 aromatic rings. The van der Waals surface area contributed by atoms with Gasteiger partial charge in [0.25, 0.3) is 0 Å². The van der Waals surface area contributed by atoms with E-state index in [1.165, 1.54) is 6.07 Å². The number of ether oxygens (including phenoxy) is 1. The van der Waals surface area contributed by atoms with Gasteiger partial charge in [0.2, 0.25) is 0 Å². The van der Waals surface area contributed by atoms with Crippen LogP contribution in [0.4, 0.5) is 19.0 Å². The van der Waals surface area contributed by atoms with E-state index in [-0.39, 0.29) is 29.6 Å². The van der Waals surface area contributed by atoms with E-state index in [9.17, 15) is 9.50 Å². The lowest BCUT2D eigenvalue weighted by atomic mass is 9.91. The number of aliphatic hydroxyl groups excluding tert-OH is 1. The third-order valence-corrected chi connectivity index (χ3v) is 11.0. The van der Waals surface area contributed by atoms with Crippen LogP contribution in [0.25, 0.3) is 32.9 Å². The third kappa shape index (κ3) is 5.12. The molecule has 0 saturated carbocycles. The number of aryl methyl sites for hydroxylation is 2. The lowest BCUT2D eigenvalue weighted by Crippen LogP contribution is -2.51. The number of fused-ring (bicyclic) bond motifs is 5. The number of anilines is 1. The van der Waals surface area contributed by atoms with Crippen molar-refractivity contribution < 1.29 is 23.0 Å². The number of hydrogen-bond donors (Lipinski definition) is 2. The molecule has 4 fully saturated rings. The molecular formula is C36H41F3N6O2. The number of halogens is 3. The highest BCUT2D eigenvalue weighted by Gasteiger charge is 2.49. The maximum Gasteiger partial charge on any atom is 0.319 e. The summed E-state index contributed by atoms with van der Waals surface area (Å²) in [5.41, 5.74) is 1.69. The summed E-state index contributed by atoms with van der Waals surface area (Å²) in [6.07, 6.45) is 3.01. The van der Waals surface area contributed by atoms with Gasteiger partial charge in [-0.3, -0.25) is 4.90 Å². The average molecular weight is 647 g/mol. The largest absolute Gasteiger partial charge is 0.461 e. The second-order valence-corrected chi connectivity index (χ2v) is 14.0. The van der Waals surface area contributed by atoms with Gasteiger partial charge in [-0.15, -0.1) is 0 Å². The molecule has 0 radical (unpaired) electrons. The van der Waals surface area contributed by atoms with E-state index in [1.807, 2.05) is 19.9 Å². The average Bonchev–Trinajstić information content (AvgIpc) is 3.70. The van der Waals surface area contributed by atoms with Gasteiger partial charge in [-0.25, -0.2) is 18.2 Å². The Hall–Kier alpha value is -3.54. The molecule has 3 unspecified atom stereocenters. The zero-order valence-electron chi connectivity index (χ0n) is 27.1. The Morgan fingerprint density at radius 2 is 1.87 bits per heavy atom. The predicted molar refractivity (Wildman–Crippen MR) is 176 cm³/mol. The van der Waals surface area contributed by atoms with Crippen LogP contribution in [-0.4, -0.2) is 81.5 Å². The fourth-order valence-corrected chi connectivity index (χ4v) is 8.71. The van der Waals surface area contributed by atoms with E-state index in [0.29, 0.717) is 88.9 Å². The van der Waals surface area contributed by atoms with Gasteiger partial charge in [-0.05, 0) is 92.6 Å². The van der Waals surface area contributed by atoms with Crippen LogP contribution in [0.1, 0.15) is 68.9 Å². The molecular weight excluding hydrogens is 605 g/mol. The minimum absolute atomic E-state index is 0.0374. The Labute approximate surface area is 272 Å². The van der Waals surface area contributed by atoms with Crippen LogP contribution in [0.15, 0.2) is 24.3 Å². The number of aromatic nitrogens is 3. The van der Waals surface area contributed by atoms with Crippen molar-refractivity contribution in [2.24, 2.45) is 0 Å². The SMILES string of the molecule is CCc1c(F)ccc2cc([C@H](C)O)cc(-c3nc(C)c4c(N5CC6CCC(C5)N6)nc(OCC56CCCN5C[C@H](F)C6)nc4c3F)c12. The number of alkyl halides is 1. The van der Waals surface area contributed by atoms with Crippen LogP contribution in [0, 0.1) is 18.6 Å². The molecule has 2 bridgehead atoms. The fraction of sp³-hybridized carbons (Fsp3) is 0.528. The fourth-order valence-electron chi connectivity index (χ4n) is 8.71. The monoisotopic (exact) mass is 646 g/mol. The number of benzene rings is 2. The molecule has 6 heterocycles. The summed E-state index contributed by atoms with van der Waals surface area (Å²) >= 11 is 0. The van der Waals surface area contributed by atoms with E-state index >= 15 is 8.78 Å². The maximum absolute atomic E-state index is 17.2. The van der Waals surface area contributed by atoms with Crippen molar-refractivity contribution >= 4 is 27.5 Å². The minimum Gasteiger partial charge on any atom is -0.461 e. The molecule has 0 amide bonds. The molecule has 8 nitrogen and oxygen atoms in total. The standard InChI is InChI=1S/C36H41F3N6O2/c1-4-26-28(38)9-6-21-12-22(20(3)46)13-27(30(21)26)32-31(39)33-29(19(2)40-32)34(44-16-24-7-8-25(17-44)41-24)43-35(42-33)47-18-36-10-5-11-45(36)15-23(37)14-36/h6,9,12-13,20,23-25,41,46H,4-5,7-8,10-11,14-18H2,1-3H3/t20-,23+,24?,25?,36?/m0/s1. The maximum atomic E-state index is 17.2. The summed E-state index contributed by atoms with van der Waals surface area (Å²) in [4.78, 5) is 18.8. The van der Waals surface area contributed by atoms with Crippen LogP contribution >= 0.6 is 0 Å². The zero-order chi connectivity index (χ0) is 32.6. The first-order chi connectivity index (χ1) is 22.6. The summed E-state index contributed by atoms with van der Waals surface area (Å²) in [7, 11) is 0. The van der Waals surface area contributed by atoms with Crippen LogP contribution < -0.4 is 15.0 Å². The van der Waals surface area contributed by atoms with Crippen molar-refractivity contribution in [1.29, 1.82) is 0 Å². The molecule has 8 rings (SSSR count). The van der Waals surface area contributed by atoms with E-state index in [4.69, 9.17) is 19.7 Å². The molecule has 0 spiro atoms. The molecule has 2 aromatic carbocycles. The Kier molecular flexibility index (Phi) is 7.57. The molecule has 5 atom stereocenters. The van der Waals surface area contributed by atoms with Gasteiger partial charge in [-0.1, -0.05) is 13.0 Å². The second-order valence-electron chi connectivity index (χ2n) is 14.0. The molecule has 2 aromatic heterocycles. The van der Waals surface area contributed by atoms with Gasteiger partial charge >= 0.3 is 6.01 Å². The Morgan fingerprint density at radius 3 is 2.62 bits per heavy atom. The molecule has 0 aliphatic carbocycles. The topological polar surface area (TPSA) is 86.6 Å². The minimum atomic E-state index is -0.901. The summed E-state index contributed by atoms with van der Waals surface area (Å²) in [6, 6.07) is 7.27. The number of piperazine rings is 1. The van der Waals surface area contributed by atoms with E-state index in [0.717, 1.165) is 32.2 Å². The van der Waals surface area contributed by atoms with Gasteiger partial charge in [0, 0.05) is 43.7 Å². The first-order valence-corrected chi connectivity index (χ1v) is 17.0. The second kappa shape index (κ2) is 11.6. The Balaban J connectivity index is 1.31. The summed E-state index contributed by atoms with van der Waals surface area (Å²) in [5.74, 6) is -0.449. The highest BCUT2D eigenvalue weighted by Crippen LogP contribution is 2.42. The Morgan fingerprint density at radius 1 is 1.09 bits per heavy atom. The molecule has 4 saturated heterocycles. The van der Waals surface area contributed by atoms with E-state index in [1.54, 1.807) is 19.1 Å². The van der Waals surface area contributed by atoms with Gasteiger partial charge in [0.1, 0.15) is 35.6 Å². The lowest BCUT2D eigenvalue weighted by molar-refractivity contribution is 0.107. The molecule has 2 N–H and O–H groups in total. The van der Waals surface area contributed by atoms with Crippen molar-refractivity contribution in [3.05, 3.63) is 52.7 Å². The number of rotatable bonds is 7. The van der Waals surface area contributed by atoms with Gasteiger partial charge in [0.05, 0.1) is 22.7 Å². The van der Waals surface area contributed by atoms with Crippen molar-refractivity contribution in [1.82, 2.24) is 25.2 Å². The predicted octanol–water partition coefficient (Wildman–Crippen LogP) is 5.94. The quantitative estimate of drug-likeness (QED) is 0.255. The zero-order valence-corrected chi connectivity index (χ0v) is 27.1. The summed E-state index contributed by atoms with van der Waals surface area (Å²) in [6.45, 7) is 8.23. The number of pyridine rings is 1. The van der Waals surface area contributed by atoms with Crippen molar-refractivity contribution in [2.75, 3.05) is 37.7 Å². The molecule has 11 heteroatoms. The first kappa shape index (κ1) is 30.8. The number of nitrogens with one attached hydrogen (secondary N) is 1. The Bertz CT molecular complexity index is 1880. The number of nitrogens with zero attached hydrogens (tertiary/aromatic N) is 5. The van der Waals surface area contributed by atoms with Crippen LogP contribution in [0.2, 0.25) is 0 Å². The molecule has 4 aliphatic heterocycles. The highest BCUT2D eigenvalue weighted by atomic mass is 19.1. The van der Waals surface area contributed by atoms with Crippen LogP contribution in [0.3, 0.4) is 0 Å². The molecule has 47 heavy (non-hydrogen) atoms. The third-order valence-electron chi connectivity index (χ3n) is 11.0. The van der Waals surface area contributed by atoms with Gasteiger partial charge in [0.15, 0.2) is 5.82 Å². The van der Waals surface area contributed by atoms with Crippen LogP contribution in [-0.2, 0) is 6.42 Å². The summed E-state index contributed by atoms with van der Waals surface area (Å²) in [5, 5.41) is 16.0. The van der Waals surface area contributed by atoms with Crippen molar-refractivity contribution in [3.63, 3.8) is 0 Å². The number of aliphatic hydroxyl groups is 1. The van der Waals surface area contributed by atoms with E-state index in [2.05, 4.69) is 15.1 Å². The first-order valence-electron chi connectivity index (χ1n) is 17.0. The van der Waals surface area contributed by atoms with Crippen molar-refractivity contribution in [2.45, 2.75) is 89.2 Å². The van der Waals surface area contributed by atoms with Crippen molar-refractivity contribution in [3.8, 4) is 17.3 Å². The normalized spacial score (nSPS) is 26.4. The summed E-state index contributed by atoms with van der Waals surface area (Å²) < 4.78 is 53.2. The smallest absolute Gasteiger partial charge is 0.319 e. The lowest BCUT2D eigenvalue weighted by Gasteiger charge is -2.35. The van der Waals surface area contributed by atoms with E-state index < -0.39 is 23.6 Å².